The second kappa shape index (κ2) is 16.0. The van der Waals surface area contributed by atoms with Crippen molar-refractivity contribution in [3.05, 3.63) is 0 Å². The largest absolute Gasteiger partial charge is 0.481 e. The second-order valence-electron chi connectivity index (χ2n) is 8.08. The molecule has 0 aromatic rings. The zero-order valence-electron chi connectivity index (χ0n) is 16.9. The number of aliphatic carboxylic acids is 1. The Kier molecular flexibility index (Phi) is 15.6. The van der Waals surface area contributed by atoms with Gasteiger partial charge in [-0.3, -0.25) is 4.79 Å². The summed E-state index contributed by atoms with van der Waals surface area (Å²) in [5.74, 6) is -0.648. The van der Waals surface area contributed by atoms with Gasteiger partial charge in [-0.15, -0.1) is 0 Å². The average Bonchev–Trinajstić information content (AvgIpc) is 2.54. The van der Waals surface area contributed by atoms with Crippen molar-refractivity contribution in [3.63, 3.8) is 0 Å². The quantitative estimate of drug-likeness (QED) is 0.259. The SMILES string of the molecule is CCCCCCCCCCCCCCCCC(C)(CC)CC(=O)O. The third-order valence-corrected chi connectivity index (χ3v) is 5.57. The van der Waals surface area contributed by atoms with Crippen LogP contribution in [-0.4, -0.2) is 11.1 Å². The van der Waals surface area contributed by atoms with Crippen LogP contribution in [0, 0.1) is 5.41 Å². The molecule has 144 valence electrons. The molecule has 0 rings (SSSR count). The van der Waals surface area contributed by atoms with Gasteiger partial charge in [0, 0.05) is 0 Å². The summed E-state index contributed by atoms with van der Waals surface area (Å²) in [4.78, 5) is 10.9. The molecular weight excluding hydrogens is 296 g/mol. The van der Waals surface area contributed by atoms with Crippen LogP contribution in [0.4, 0.5) is 0 Å². The van der Waals surface area contributed by atoms with Crippen LogP contribution >= 0.6 is 0 Å². The lowest BCUT2D eigenvalue weighted by atomic mass is 9.79. The molecule has 1 unspecified atom stereocenters. The van der Waals surface area contributed by atoms with E-state index in [1.54, 1.807) is 0 Å². The van der Waals surface area contributed by atoms with E-state index in [2.05, 4.69) is 20.8 Å². The molecule has 1 atom stereocenters. The fourth-order valence-corrected chi connectivity index (χ4v) is 3.50. The fraction of sp³-hybridized carbons (Fsp3) is 0.955. The molecule has 1 N–H and O–H groups in total. The minimum Gasteiger partial charge on any atom is -0.481 e. The van der Waals surface area contributed by atoms with Crippen molar-refractivity contribution in [2.75, 3.05) is 0 Å². The lowest BCUT2D eigenvalue weighted by Crippen LogP contribution is -2.19. The van der Waals surface area contributed by atoms with Gasteiger partial charge in [-0.1, -0.05) is 117 Å². The van der Waals surface area contributed by atoms with Crippen molar-refractivity contribution in [2.24, 2.45) is 5.41 Å². The van der Waals surface area contributed by atoms with Gasteiger partial charge in [-0.05, 0) is 11.8 Å². The summed E-state index contributed by atoms with van der Waals surface area (Å²) in [6.45, 7) is 6.52. The number of hydrogen-bond acceptors (Lipinski definition) is 1. The Labute approximate surface area is 151 Å². The van der Waals surface area contributed by atoms with E-state index in [4.69, 9.17) is 5.11 Å². The summed E-state index contributed by atoms with van der Waals surface area (Å²) in [7, 11) is 0. The second-order valence-corrected chi connectivity index (χ2v) is 8.08. The zero-order chi connectivity index (χ0) is 18.1. The first-order valence-corrected chi connectivity index (χ1v) is 10.8. The standard InChI is InChI=1S/C22H44O2/c1-4-6-7-8-9-10-11-12-13-14-15-16-17-18-19-22(3,5-2)20-21(23)24/h4-20H2,1-3H3,(H,23,24). The van der Waals surface area contributed by atoms with Crippen LogP contribution in [0.25, 0.3) is 0 Å². The highest BCUT2D eigenvalue weighted by molar-refractivity contribution is 5.67. The molecule has 0 radical (unpaired) electrons. The summed E-state index contributed by atoms with van der Waals surface area (Å²) < 4.78 is 0. The molecule has 0 fully saturated rings. The Morgan fingerprint density at radius 2 is 1.08 bits per heavy atom. The molecule has 2 nitrogen and oxygen atoms in total. The molecule has 0 aromatic carbocycles. The normalized spacial score (nSPS) is 13.8. The van der Waals surface area contributed by atoms with Crippen LogP contribution in [0.2, 0.25) is 0 Å². The Bertz CT molecular complexity index is 288. The third-order valence-electron chi connectivity index (χ3n) is 5.57. The van der Waals surface area contributed by atoms with Crippen molar-refractivity contribution >= 4 is 5.97 Å². The number of carboxylic acids is 1. The molecule has 0 amide bonds. The molecule has 0 saturated carbocycles. The van der Waals surface area contributed by atoms with Gasteiger partial charge in [-0.2, -0.15) is 0 Å². The van der Waals surface area contributed by atoms with Gasteiger partial charge in [0.05, 0.1) is 6.42 Å². The molecule has 0 heterocycles. The average molecular weight is 341 g/mol. The van der Waals surface area contributed by atoms with Gasteiger partial charge in [0.1, 0.15) is 0 Å². The molecule has 0 aliphatic heterocycles. The molecule has 0 aliphatic rings. The highest BCUT2D eigenvalue weighted by atomic mass is 16.4. The molecule has 24 heavy (non-hydrogen) atoms. The van der Waals surface area contributed by atoms with Crippen LogP contribution < -0.4 is 0 Å². The molecular formula is C22H44O2. The maximum absolute atomic E-state index is 10.9. The van der Waals surface area contributed by atoms with E-state index in [-0.39, 0.29) is 5.41 Å². The van der Waals surface area contributed by atoms with E-state index >= 15 is 0 Å². The topological polar surface area (TPSA) is 37.3 Å². The van der Waals surface area contributed by atoms with Gasteiger partial charge in [-0.25, -0.2) is 0 Å². The van der Waals surface area contributed by atoms with Gasteiger partial charge in [0.25, 0.3) is 0 Å². The van der Waals surface area contributed by atoms with Crippen molar-refractivity contribution < 1.29 is 9.90 Å². The van der Waals surface area contributed by atoms with Crippen molar-refractivity contribution in [3.8, 4) is 0 Å². The molecule has 2 heteroatoms. The predicted octanol–water partition coefficient (Wildman–Crippen LogP) is 7.75. The summed E-state index contributed by atoms with van der Waals surface area (Å²) in [5.41, 5.74) is 0.00294. The first-order chi connectivity index (χ1) is 11.5. The van der Waals surface area contributed by atoms with Crippen molar-refractivity contribution in [1.82, 2.24) is 0 Å². The van der Waals surface area contributed by atoms with Crippen molar-refractivity contribution in [2.45, 2.75) is 130 Å². The predicted molar refractivity (Wildman–Crippen MR) is 106 cm³/mol. The Balaban J connectivity index is 3.32. The number of rotatable bonds is 18. The lowest BCUT2D eigenvalue weighted by molar-refractivity contribution is -0.139. The van der Waals surface area contributed by atoms with Crippen LogP contribution in [0.5, 0.6) is 0 Å². The van der Waals surface area contributed by atoms with Crippen LogP contribution in [-0.2, 0) is 4.79 Å². The van der Waals surface area contributed by atoms with Crippen LogP contribution in [0.1, 0.15) is 130 Å². The summed E-state index contributed by atoms with van der Waals surface area (Å²) in [6.07, 6.45) is 21.6. The first kappa shape index (κ1) is 23.5. The molecule has 0 spiro atoms. The summed E-state index contributed by atoms with van der Waals surface area (Å²) in [6, 6.07) is 0. The number of unbranched alkanes of at least 4 members (excludes halogenated alkanes) is 13. The maximum atomic E-state index is 10.9. The number of carboxylic acid groups (broad SMARTS) is 1. The van der Waals surface area contributed by atoms with E-state index < -0.39 is 5.97 Å². The van der Waals surface area contributed by atoms with E-state index in [1.807, 2.05) is 0 Å². The lowest BCUT2D eigenvalue weighted by Gasteiger charge is -2.26. The number of carbonyl (C=O) groups is 1. The summed E-state index contributed by atoms with van der Waals surface area (Å²) >= 11 is 0. The van der Waals surface area contributed by atoms with E-state index in [0.29, 0.717) is 6.42 Å². The molecule has 0 aliphatic carbocycles. The highest BCUT2D eigenvalue weighted by Crippen LogP contribution is 2.32. The minimum absolute atomic E-state index is 0.00294. The van der Waals surface area contributed by atoms with Gasteiger partial charge < -0.3 is 5.11 Å². The summed E-state index contributed by atoms with van der Waals surface area (Å²) in [5, 5.41) is 9.00. The van der Waals surface area contributed by atoms with Gasteiger partial charge >= 0.3 is 5.97 Å². The monoisotopic (exact) mass is 340 g/mol. The molecule has 0 aromatic heterocycles. The minimum atomic E-state index is -0.648. The molecule has 0 saturated heterocycles. The Morgan fingerprint density at radius 3 is 1.42 bits per heavy atom. The van der Waals surface area contributed by atoms with Gasteiger partial charge in [0.15, 0.2) is 0 Å². The molecule has 0 bridgehead atoms. The van der Waals surface area contributed by atoms with E-state index in [0.717, 1.165) is 12.8 Å². The maximum Gasteiger partial charge on any atom is 0.303 e. The zero-order valence-corrected chi connectivity index (χ0v) is 16.9. The van der Waals surface area contributed by atoms with Crippen molar-refractivity contribution in [1.29, 1.82) is 0 Å². The van der Waals surface area contributed by atoms with Crippen LogP contribution in [0.15, 0.2) is 0 Å². The highest BCUT2D eigenvalue weighted by Gasteiger charge is 2.24. The van der Waals surface area contributed by atoms with E-state index in [1.165, 1.54) is 89.9 Å². The van der Waals surface area contributed by atoms with Crippen LogP contribution in [0.3, 0.4) is 0 Å². The smallest absolute Gasteiger partial charge is 0.303 e. The Morgan fingerprint density at radius 1 is 0.708 bits per heavy atom. The Hall–Kier alpha value is -0.530. The van der Waals surface area contributed by atoms with Gasteiger partial charge in [0.2, 0.25) is 0 Å². The number of hydrogen-bond donors (Lipinski definition) is 1. The third kappa shape index (κ3) is 15.0. The first-order valence-electron chi connectivity index (χ1n) is 10.8. The van der Waals surface area contributed by atoms with E-state index in [9.17, 15) is 4.79 Å². The fourth-order valence-electron chi connectivity index (χ4n) is 3.50.